The maximum atomic E-state index is 14.3. The Morgan fingerprint density at radius 2 is 1.23 bits per heavy atom. The molecule has 378 valence electrons. The van der Waals surface area contributed by atoms with Crippen LogP contribution in [-0.2, 0) is 51.2 Å². The van der Waals surface area contributed by atoms with Crippen LogP contribution in [0.25, 0.3) is 10.8 Å². The van der Waals surface area contributed by atoms with E-state index in [2.05, 4.69) is 37.2 Å². The maximum Gasteiger partial charge on any atom is 0.243 e. The molecule has 0 radical (unpaired) electrons. The molecule has 8 atom stereocenters. The number of aromatic hydroxyl groups is 1. The van der Waals surface area contributed by atoms with Crippen LogP contribution in [0.3, 0.4) is 0 Å². The zero-order chi connectivity index (χ0) is 51.7. The quantitative estimate of drug-likeness (QED) is 0.0484. The molecule has 0 fully saturated rings. The number of aliphatic hydroxyl groups excluding tert-OH is 1. The first-order valence-corrected chi connectivity index (χ1v) is 23.2. The van der Waals surface area contributed by atoms with Crippen LogP contribution in [0.15, 0.2) is 91.0 Å². The summed E-state index contributed by atoms with van der Waals surface area (Å²) >= 11 is 0. The lowest BCUT2D eigenvalue weighted by Gasteiger charge is -2.29. The summed E-state index contributed by atoms with van der Waals surface area (Å²) in [6.07, 6.45) is 6.64. The van der Waals surface area contributed by atoms with Gasteiger partial charge in [-0.25, -0.2) is 0 Å². The van der Waals surface area contributed by atoms with Crippen molar-refractivity contribution < 1.29 is 48.6 Å². The number of fused-ring (bicyclic) bond motifs is 1. The third-order valence-corrected chi connectivity index (χ3v) is 11.8. The van der Waals surface area contributed by atoms with Crippen molar-refractivity contribution in [2.75, 3.05) is 13.1 Å². The van der Waals surface area contributed by atoms with Crippen molar-refractivity contribution in [1.29, 1.82) is 0 Å². The van der Waals surface area contributed by atoms with Crippen LogP contribution in [0, 0.1) is 11.3 Å². The third kappa shape index (κ3) is 16.8. The predicted molar refractivity (Wildman–Crippen MR) is 263 cm³/mol. The Balaban J connectivity index is 1.48. The molecular weight excluding hydrogens is 901 g/mol. The second kappa shape index (κ2) is 26.0. The molecule has 1 aliphatic carbocycles. The zero-order valence-electron chi connectivity index (χ0n) is 40.2. The van der Waals surface area contributed by atoms with Gasteiger partial charge < -0.3 is 64.6 Å². The van der Waals surface area contributed by atoms with Crippen molar-refractivity contribution in [3.05, 3.63) is 102 Å². The Bertz CT molecular complexity index is 2390. The molecule has 0 spiro atoms. The first-order valence-electron chi connectivity index (χ1n) is 23.2. The Kier molecular flexibility index (Phi) is 20.6. The highest BCUT2D eigenvalue weighted by atomic mass is 16.3. The highest BCUT2D eigenvalue weighted by molar-refractivity contribution is 5.97. The minimum absolute atomic E-state index is 0.0301. The molecule has 3 aromatic rings. The van der Waals surface area contributed by atoms with Crippen molar-refractivity contribution in [3.63, 3.8) is 0 Å². The molecule has 0 saturated carbocycles. The van der Waals surface area contributed by atoms with Gasteiger partial charge in [0.25, 0.3) is 0 Å². The summed E-state index contributed by atoms with van der Waals surface area (Å²) in [4.78, 5) is 107. The van der Waals surface area contributed by atoms with E-state index < -0.39 is 114 Å². The second-order valence-corrected chi connectivity index (χ2v) is 18.3. The van der Waals surface area contributed by atoms with Crippen LogP contribution in [0.1, 0.15) is 65.0 Å². The molecule has 20 nitrogen and oxygen atoms in total. The van der Waals surface area contributed by atoms with Gasteiger partial charge in [-0.1, -0.05) is 99.7 Å². The molecule has 8 unspecified atom stereocenters. The van der Waals surface area contributed by atoms with Gasteiger partial charge in [0.1, 0.15) is 42.0 Å². The van der Waals surface area contributed by atoms with E-state index in [4.69, 9.17) is 17.2 Å². The fraction of sp³-hybridized carbons (Fsp3) is 0.440. The zero-order valence-corrected chi connectivity index (χ0v) is 40.2. The fourth-order valence-corrected chi connectivity index (χ4v) is 7.72. The molecule has 0 bridgehead atoms. The normalized spacial score (nSPS) is 16.1. The monoisotopic (exact) mass is 969 g/mol. The van der Waals surface area contributed by atoms with Gasteiger partial charge >= 0.3 is 0 Å². The molecule has 4 rings (SSSR count). The van der Waals surface area contributed by atoms with E-state index in [9.17, 15) is 48.6 Å². The number of benzene rings is 3. The highest BCUT2D eigenvalue weighted by Gasteiger charge is 2.35. The number of aliphatic hydroxyl groups is 1. The van der Waals surface area contributed by atoms with Crippen molar-refractivity contribution in [3.8, 4) is 5.75 Å². The predicted octanol–water partition coefficient (Wildman–Crippen LogP) is -0.514. The number of phenols is 1. The molecule has 0 saturated heterocycles. The molecule has 0 aliphatic heterocycles. The Morgan fingerprint density at radius 3 is 1.84 bits per heavy atom. The van der Waals surface area contributed by atoms with Gasteiger partial charge in [0.2, 0.25) is 47.3 Å². The number of amides is 8. The van der Waals surface area contributed by atoms with Crippen LogP contribution in [0.5, 0.6) is 5.75 Å². The van der Waals surface area contributed by atoms with Gasteiger partial charge in [0.15, 0.2) is 0 Å². The average Bonchev–Trinajstić information content (AvgIpc) is 3.75. The summed E-state index contributed by atoms with van der Waals surface area (Å²) in [5.74, 6) is -6.72. The third-order valence-electron chi connectivity index (χ3n) is 11.8. The smallest absolute Gasteiger partial charge is 0.243 e. The van der Waals surface area contributed by atoms with Gasteiger partial charge in [0, 0.05) is 11.8 Å². The van der Waals surface area contributed by atoms with Gasteiger partial charge in [-0.3, -0.25) is 38.4 Å². The summed E-state index contributed by atoms with van der Waals surface area (Å²) in [6, 6.07) is 10.9. The topological polar surface area (TPSA) is 339 Å². The van der Waals surface area contributed by atoms with Crippen LogP contribution >= 0.6 is 0 Å². The fourth-order valence-electron chi connectivity index (χ4n) is 7.72. The van der Waals surface area contributed by atoms with E-state index in [1.807, 2.05) is 73.7 Å². The average molecular weight is 969 g/mol. The summed E-state index contributed by atoms with van der Waals surface area (Å²) in [5, 5.41) is 39.8. The van der Waals surface area contributed by atoms with E-state index in [0.29, 0.717) is 5.56 Å². The molecule has 20 heteroatoms. The molecular formula is C50H68N10O10. The lowest BCUT2D eigenvalue weighted by Crippen LogP contribution is -2.60. The number of nitrogens with two attached hydrogens (primary N) is 3. The number of phenolic OH excluding ortho intramolecular Hbond substituents is 1. The Labute approximate surface area is 407 Å². The number of hydrogen-bond acceptors (Lipinski definition) is 12. The maximum absolute atomic E-state index is 14.3. The van der Waals surface area contributed by atoms with Crippen molar-refractivity contribution in [2.45, 2.75) is 115 Å². The van der Waals surface area contributed by atoms with Crippen LogP contribution in [0.4, 0.5) is 0 Å². The van der Waals surface area contributed by atoms with E-state index >= 15 is 0 Å². The van der Waals surface area contributed by atoms with E-state index in [-0.39, 0.29) is 44.4 Å². The SMILES string of the molecule is CC(NC(=O)C(Cc1ccc(O)cc1)NC(=O)C(CC1(C)C=CC=C1)NC(=O)C(N)Cc1ccc2ccccc2c1)C(=O)NC(CCCN)C(=O)NC(C(=O)NCC(=O)NC(C(N)=O)C(C)O)C(C)C. The molecule has 8 amide bonds. The first-order chi connectivity index (χ1) is 33.1. The minimum atomic E-state index is -1.40. The second-order valence-electron chi connectivity index (χ2n) is 18.3. The minimum Gasteiger partial charge on any atom is -0.508 e. The number of nitrogens with one attached hydrogen (secondary N) is 7. The summed E-state index contributed by atoms with van der Waals surface area (Å²) in [7, 11) is 0. The first kappa shape index (κ1) is 55.4. The molecule has 15 N–H and O–H groups in total. The Morgan fingerprint density at radius 1 is 0.643 bits per heavy atom. The number of carbonyl (C=O) groups is 8. The van der Waals surface area contributed by atoms with Gasteiger partial charge in [-0.05, 0) is 86.0 Å². The van der Waals surface area contributed by atoms with Crippen LogP contribution < -0.4 is 54.4 Å². The van der Waals surface area contributed by atoms with E-state index in [1.165, 1.54) is 26.0 Å². The number of rotatable bonds is 26. The lowest BCUT2D eigenvalue weighted by atomic mass is 9.84. The van der Waals surface area contributed by atoms with Gasteiger partial charge in [-0.2, -0.15) is 0 Å². The molecule has 70 heavy (non-hydrogen) atoms. The molecule has 1 aliphatic rings. The van der Waals surface area contributed by atoms with Crippen molar-refractivity contribution in [1.82, 2.24) is 37.2 Å². The molecule has 0 heterocycles. The standard InChI is InChI=1S/C50H68N10O10/c1-28(2)41(49(70)54-27-40(63)59-42(30(4)61)43(53)64)60-46(67)37(13-10-22-51)56-44(65)29(3)55-47(68)38(25-31-15-18-35(62)19-16-31)57-48(69)39(26-50(5)20-8-9-21-50)58-45(66)36(52)24-32-14-17-33-11-6-7-12-34(33)23-32/h6-9,11-12,14-21,23,28-30,36-39,41-42,61-62H,10,13,22,24-27,51-52H2,1-5H3,(H2,53,64)(H,54,70)(H,55,68)(H,56,65)(H,57,69)(H,58,66)(H,59,63)(H,60,67). The summed E-state index contributed by atoms with van der Waals surface area (Å²) in [5.41, 5.74) is 18.1. The molecule has 3 aromatic carbocycles. The van der Waals surface area contributed by atoms with Gasteiger partial charge in [0.05, 0.1) is 18.7 Å². The Hall–Kier alpha value is -7.16. The van der Waals surface area contributed by atoms with E-state index in [0.717, 1.165) is 16.3 Å². The molecule has 0 aromatic heterocycles. The number of carbonyl (C=O) groups excluding carboxylic acids is 8. The lowest BCUT2D eigenvalue weighted by molar-refractivity contribution is -0.135. The summed E-state index contributed by atoms with van der Waals surface area (Å²) < 4.78 is 0. The van der Waals surface area contributed by atoms with Crippen molar-refractivity contribution >= 4 is 58.0 Å². The van der Waals surface area contributed by atoms with Crippen LogP contribution in [0.2, 0.25) is 0 Å². The number of primary amides is 1. The number of hydrogen-bond donors (Lipinski definition) is 12. The summed E-state index contributed by atoms with van der Waals surface area (Å²) in [6.45, 7) is 7.33. The van der Waals surface area contributed by atoms with Crippen LogP contribution in [-0.4, -0.2) is 119 Å². The van der Waals surface area contributed by atoms with E-state index in [1.54, 1.807) is 26.0 Å². The van der Waals surface area contributed by atoms with Gasteiger partial charge in [-0.15, -0.1) is 0 Å². The number of allylic oxidation sites excluding steroid dienone is 4. The van der Waals surface area contributed by atoms with Crippen molar-refractivity contribution in [2.24, 2.45) is 28.5 Å². The largest absolute Gasteiger partial charge is 0.508 e. The highest BCUT2D eigenvalue weighted by Crippen LogP contribution is 2.31.